The van der Waals surface area contributed by atoms with Crippen LogP contribution in [0.1, 0.15) is 25.3 Å². The van der Waals surface area contributed by atoms with Gasteiger partial charge in [0.15, 0.2) is 5.82 Å². The molecule has 0 radical (unpaired) electrons. The Bertz CT molecular complexity index is 683. The van der Waals surface area contributed by atoms with Crippen molar-refractivity contribution in [1.29, 1.82) is 0 Å². The predicted molar refractivity (Wildman–Crippen MR) is 78.4 cm³/mol. The Kier molecular flexibility index (Phi) is 4.25. The first kappa shape index (κ1) is 14.7. The zero-order valence-electron chi connectivity index (χ0n) is 11.0. The van der Waals surface area contributed by atoms with Gasteiger partial charge in [-0.1, -0.05) is 37.6 Å². The first-order chi connectivity index (χ1) is 9.38. The van der Waals surface area contributed by atoms with Crippen molar-refractivity contribution in [2.24, 2.45) is 0 Å². The van der Waals surface area contributed by atoms with E-state index >= 15 is 0 Å². The van der Waals surface area contributed by atoms with Crippen molar-refractivity contribution in [3.8, 4) is 0 Å². The van der Waals surface area contributed by atoms with Gasteiger partial charge in [0.05, 0.1) is 17.3 Å². The molecular formula is C13H14ClN3O2S. The minimum absolute atomic E-state index is 0.127. The third-order valence-electron chi connectivity index (χ3n) is 2.72. The zero-order chi connectivity index (χ0) is 14.8. The largest absolute Gasteiger partial charge is 0.263 e. The molecule has 0 saturated heterocycles. The van der Waals surface area contributed by atoms with Gasteiger partial charge in [-0.3, -0.25) is 4.72 Å². The van der Waals surface area contributed by atoms with E-state index in [4.69, 9.17) is 11.6 Å². The molecule has 1 N–H and O–H groups in total. The quantitative estimate of drug-likeness (QED) is 0.942. The first-order valence-corrected chi connectivity index (χ1v) is 7.85. The lowest BCUT2D eigenvalue weighted by molar-refractivity contribution is 0.601. The van der Waals surface area contributed by atoms with Gasteiger partial charge in [-0.15, -0.1) is 0 Å². The van der Waals surface area contributed by atoms with E-state index < -0.39 is 10.0 Å². The molecule has 1 aromatic heterocycles. The van der Waals surface area contributed by atoms with E-state index in [1.807, 2.05) is 13.8 Å². The molecule has 0 aliphatic carbocycles. The van der Waals surface area contributed by atoms with Crippen LogP contribution in [-0.4, -0.2) is 18.4 Å². The summed E-state index contributed by atoms with van der Waals surface area (Å²) in [6.07, 6.45) is 2.55. The van der Waals surface area contributed by atoms with E-state index in [1.165, 1.54) is 12.4 Å². The van der Waals surface area contributed by atoms with E-state index in [1.54, 1.807) is 24.3 Å². The molecule has 7 heteroatoms. The number of benzene rings is 1. The van der Waals surface area contributed by atoms with Crippen LogP contribution in [0.3, 0.4) is 0 Å². The number of rotatable bonds is 4. The summed E-state index contributed by atoms with van der Waals surface area (Å²) in [4.78, 5) is 7.80. The molecule has 2 aromatic rings. The Labute approximate surface area is 123 Å². The maximum atomic E-state index is 12.2. The highest BCUT2D eigenvalue weighted by molar-refractivity contribution is 7.92. The highest BCUT2D eigenvalue weighted by atomic mass is 35.5. The molecule has 0 saturated carbocycles. The number of nitrogens with zero attached hydrogens (tertiary/aromatic N) is 2. The minimum atomic E-state index is -3.66. The third kappa shape index (κ3) is 3.46. The summed E-state index contributed by atoms with van der Waals surface area (Å²) < 4.78 is 26.7. The van der Waals surface area contributed by atoms with Crippen molar-refractivity contribution in [3.63, 3.8) is 0 Å². The maximum Gasteiger partial charge on any atom is 0.263 e. The molecule has 106 valence electrons. The molecule has 0 fully saturated rings. The normalized spacial score (nSPS) is 11.6. The van der Waals surface area contributed by atoms with Crippen molar-refractivity contribution >= 4 is 27.4 Å². The highest BCUT2D eigenvalue weighted by Gasteiger charge is 2.15. The number of aromatic nitrogens is 2. The average Bonchev–Trinajstić information content (AvgIpc) is 2.41. The van der Waals surface area contributed by atoms with Crippen molar-refractivity contribution in [3.05, 3.63) is 47.4 Å². The molecule has 2 rings (SSSR count). The molecule has 0 amide bonds. The second kappa shape index (κ2) is 5.76. The van der Waals surface area contributed by atoms with Crippen LogP contribution in [-0.2, 0) is 10.0 Å². The fraction of sp³-hybridized carbons (Fsp3) is 0.231. The van der Waals surface area contributed by atoms with Crippen LogP contribution in [0.4, 0.5) is 5.82 Å². The Hall–Kier alpha value is -1.66. The molecule has 0 aliphatic rings. The van der Waals surface area contributed by atoms with E-state index in [0.29, 0.717) is 5.92 Å². The molecule has 20 heavy (non-hydrogen) atoms. The highest BCUT2D eigenvalue weighted by Crippen LogP contribution is 2.19. The van der Waals surface area contributed by atoms with Crippen molar-refractivity contribution in [1.82, 2.24) is 9.97 Å². The van der Waals surface area contributed by atoms with Crippen LogP contribution in [0.2, 0.25) is 5.15 Å². The molecule has 0 aliphatic heterocycles. The van der Waals surface area contributed by atoms with Crippen LogP contribution in [0, 0.1) is 0 Å². The van der Waals surface area contributed by atoms with Gasteiger partial charge >= 0.3 is 0 Å². The predicted octanol–water partition coefficient (Wildman–Crippen LogP) is 3.05. The second-order valence-corrected chi connectivity index (χ2v) is 6.62. The lowest BCUT2D eigenvalue weighted by Crippen LogP contribution is -2.14. The zero-order valence-corrected chi connectivity index (χ0v) is 12.6. The minimum Gasteiger partial charge on any atom is -0.262 e. The second-order valence-electron chi connectivity index (χ2n) is 4.55. The van der Waals surface area contributed by atoms with Gasteiger partial charge in [-0.05, 0) is 23.6 Å². The molecule has 0 spiro atoms. The number of hydrogen-bond acceptors (Lipinski definition) is 4. The summed E-state index contributed by atoms with van der Waals surface area (Å²) >= 11 is 5.60. The number of hydrogen-bond donors (Lipinski definition) is 1. The summed E-state index contributed by atoms with van der Waals surface area (Å²) in [7, 11) is -3.66. The van der Waals surface area contributed by atoms with Crippen LogP contribution in [0.25, 0.3) is 0 Å². The van der Waals surface area contributed by atoms with Crippen molar-refractivity contribution in [2.45, 2.75) is 24.7 Å². The SMILES string of the molecule is CC(C)c1ccc(S(=O)(=O)Nc2cnc(Cl)cn2)cc1. The van der Waals surface area contributed by atoms with Gasteiger partial charge in [0, 0.05) is 0 Å². The molecule has 0 atom stereocenters. The van der Waals surface area contributed by atoms with E-state index in [9.17, 15) is 8.42 Å². The summed E-state index contributed by atoms with van der Waals surface area (Å²) in [5, 5.41) is 0.203. The Morgan fingerprint density at radius 1 is 1.10 bits per heavy atom. The van der Waals surface area contributed by atoms with E-state index in [0.717, 1.165) is 5.56 Å². The topological polar surface area (TPSA) is 72.0 Å². The van der Waals surface area contributed by atoms with Gasteiger partial charge in [-0.2, -0.15) is 0 Å². The van der Waals surface area contributed by atoms with Crippen LogP contribution in [0.5, 0.6) is 0 Å². The average molecular weight is 312 g/mol. The standard InChI is InChI=1S/C13H14ClN3O2S/c1-9(2)10-3-5-11(6-4-10)20(18,19)17-13-8-15-12(14)7-16-13/h3-9H,1-2H3,(H,16,17). The Morgan fingerprint density at radius 3 is 2.25 bits per heavy atom. The summed E-state index contributed by atoms with van der Waals surface area (Å²) in [6, 6.07) is 6.74. The first-order valence-electron chi connectivity index (χ1n) is 5.99. The summed E-state index contributed by atoms with van der Waals surface area (Å²) in [5.41, 5.74) is 1.08. The molecule has 1 heterocycles. The smallest absolute Gasteiger partial charge is 0.262 e. The van der Waals surface area contributed by atoms with Crippen LogP contribution < -0.4 is 4.72 Å². The van der Waals surface area contributed by atoms with Crippen molar-refractivity contribution < 1.29 is 8.42 Å². The number of anilines is 1. The van der Waals surface area contributed by atoms with E-state index in [2.05, 4.69) is 14.7 Å². The summed E-state index contributed by atoms with van der Waals surface area (Å²) in [5.74, 6) is 0.476. The molecule has 0 unspecified atom stereocenters. The van der Waals surface area contributed by atoms with Gasteiger partial charge in [0.1, 0.15) is 5.15 Å². The van der Waals surface area contributed by atoms with Crippen LogP contribution in [0.15, 0.2) is 41.6 Å². The number of halogens is 1. The fourth-order valence-electron chi connectivity index (χ4n) is 1.59. The number of sulfonamides is 1. The monoisotopic (exact) mass is 311 g/mol. The van der Waals surface area contributed by atoms with Crippen LogP contribution >= 0.6 is 11.6 Å². The van der Waals surface area contributed by atoms with E-state index in [-0.39, 0.29) is 15.9 Å². The van der Waals surface area contributed by atoms with Gasteiger partial charge in [-0.25, -0.2) is 18.4 Å². The molecule has 1 aromatic carbocycles. The maximum absolute atomic E-state index is 12.2. The lowest BCUT2D eigenvalue weighted by atomic mass is 10.0. The Balaban J connectivity index is 2.23. The number of nitrogens with one attached hydrogen (secondary N) is 1. The van der Waals surface area contributed by atoms with Gasteiger partial charge < -0.3 is 0 Å². The van der Waals surface area contributed by atoms with Gasteiger partial charge in [0.25, 0.3) is 10.0 Å². The fourth-order valence-corrected chi connectivity index (χ4v) is 2.68. The Morgan fingerprint density at radius 2 is 1.75 bits per heavy atom. The lowest BCUT2D eigenvalue weighted by Gasteiger charge is -2.09. The summed E-state index contributed by atoms with van der Waals surface area (Å²) in [6.45, 7) is 4.09. The molecule has 5 nitrogen and oxygen atoms in total. The van der Waals surface area contributed by atoms with Gasteiger partial charge in [0.2, 0.25) is 0 Å². The van der Waals surface area contributed by atoms with Crippen molar-refractivity contribution in [2.75, 3.05) is 4.72 Å². The molecule has 0 bridgehead atoms. The third-order valence-corrected chi connectivity index (χ3v) is 4.28. The molecular weight excluding hydrogens is 298 g/mol.